The normalized spacial score (nSPS) is 13.9. The zero-order valence-corrected chi connectivity index (χ0v) is 39.6. The third-order valence-electron chi connectivity index (χ3n) is 15.6. The van der Waals surface area contributed by atoms with Crippen molar-refractivity contribution in [3.63, 3.8) is 0 Å². The fourth-order valence-electron chi connectivity index (χ4n) is 12.5. The Labute approximate surface area is 404 Å². The molecule has 0 radical (unpaired) electrons. The molecule has 1 aliphatic carbocycles. The minimum absolute atomic E-state index is 0.0580. The number of aromatic nitrogens is 1. The summed E-state index contributed by atoms with van der Waals surface area (Å²) in [6.07, 6.45) is 0. The van der Waals surface area contributed by atoms with E-state index >= 15 is 0 Å². The number of hydrogen-bond acceptors (Lipinski definition) is 2. The lowest BCUT2D eigenvalue weighted by Crippen LogP contribution is -2.57. The van der Waals surface area contributed by atoms with Crippen LogP contribution in [0.25, 0.3) is 66.0 Å². The average molecular weight is 884 g/mol. The monoisotopic (exact) mass is 883 g/mol. The van der Waals surface area contributed by atoms with E-state index in [1.165, 1.54) is 111 Å². The molecule has 0 saturated heterocycles. The molecule has 0 unspecified atom stereocenters. The van der Waals surface area contributed by atoms with Crippen LogP contribution in [0.4, 0.5) is 34.1 Å². The minimum atomic E-state index is -0.312. The summed E-state index contributed by atoms with van der Waals surface area (Å²) in [7, 11) is 0. The number of rotatable bonds is 5. The van der Waals surface area contributed by atoms with E-state index in [2.05, 4.69) is 261 Å². The number of nitrogens with zero attached hydrogens (tertiary/aromatic N) is 3. The second-order valence-corrected chi connectivity index (χ2v) is 20.9. The number of anilines is 6. The van der Waals surface area contributed by atoms with Crippen molar-refractivity contribution in [3.8, 4) is 33.4 Å². The number of benzene rings is 10. The highest BCUT2D eigenvalue weighted by Gasteiger charge is 2.49. The molecule has 10 aromatic carbocycles. The molecule has 3 nitrogen and oxygen atoms in total. The lowest BCUT2D eigenvalue weighted by atomic mass is 9.44. The van der Waals surface area contributed by atoms with E-state index in [9.17, 15) is 0 Å². The molecule has 2 aliphatic heterocycles. The van der Waals surface area contributed by atoms with Crippen LogP contribution < -0.4 is 20.7 Å². The van der Waals surface area contributed by atoms with Gasteiger partial charge in [-0.1, -0.05) is 180 Å². The number of hydrogen-bond donors (Lipinski definition) is 0. The van der Waals surface area contributed by atoms with Gasteiger partial charge in [0.1, 0.15) is 0 Å². The third-order valence-corrected chi connectivity index (χ3v) is 15.6. The Hall–Kier alpha value is -8.08. The van der Waals surface area contributed by atoms with E-state index in [0.717, 1.165) is 17.1 Å². The van der Waals surface area contributed by atoms with Crippen molar-refractivity contribution in [2.75, 3.05) is 9.80 Å². The van der Waals surface area contributed by atoms with Crippen LogP contribution in [0.1, 0.15) is 51.3 Å². The molecule has 14 rings (SSSR count). The highest BCUT2D eigenvalue weighted by atomic mass is 15.2. The van der Waals surface area contributed by atoms with Crippen molar-refractivity contribution >= 4 is 84.5 Å². The molecule has 4 heteroatoms. The molecule has 0 fully saturated rings. The molecule has 0 bridgehead atoms. The quantitative estimate of drug-likeness (QED) is 0.160. The average Bonchev–Trinajstić information content (AvgIpc) is 3.82. The minimum Gasteiger partial charge on any atom is -0.375 e. The van der Waals surface area contributed by atoms with Gasteiger partial charge >= 0.3 is 6.85 Å². The van der Waals surface area contributed by atoms with Crippen LogP contribution in [-0.2, 0) is 10.8 Å². The second-order valence-electron chi connectivity index (χ2n) is 20.9. The third kappa shape index (κ3) is 5.69. The van der Waals surface area contributed by atoms with Crippen LogP contribution in [-0.4, -0.2) is 11.3 Å². The van der Waals surface area contributed by atoms with Gasteiger partial charge in [-0.05, 0) is 133 Å². The van der Waals surface area contributed by atoms with Gasteiger partial charge in [0.15, 0.2) is 0 Å². The zero-order chi connectivity index (χ0) is 46.3. The fourth-order valence-corrected chi connectivity index (χ4v) is 12.5. The maximum absolute atomic E-state index is 2.72. The van der Waals surface area contributed by atoms with Crippen LogP contribution in [0.2, 0.25) is 0 Å². The molecule has 11 aromatic rings. The first-order valence-corrected chi connectivity index (χ1v) is 24.5. The van der Waals surface area contributed by atoms with Crippen molar-refractivity contribution in [2.45, 2.75) is 45.4 Å². The molecular weight excluding hydrogens is 834 g/mol. The highest BCUT2D eigenvalue weighted by Crippen LogP contribution is 2.58. The van der Waals surface area contributed by atoms with Crippen molar-refractivity contribution in [3.05, 3.63) is 229 Å². The second kappa shape index (κ2) is 14.5. The topological polar surface area (TPSA) is 11.4 Å². The van der Waals surface area contributed by atoms with Gasteiger partial charge in [-0.2, -0.15) is 0 Å². The van der Waals surface area contributed by atoms with Crippen LogP contribution in [0.3, 0.4) is 0 Å². The first-order valence-electron chi connectivity index (χ1n) is 24.5. The molecule has 0 amide bonds. The summed E-state index contributed by atoms with van der Waals surface area (Å²) in [6.45, 7) is 11.8. The molecule has 69 heavy (non-hydrogen) atoms. The zero-order valence-electron chi connectivity index (χ0n) is 39.6. The van der Waals surface area contributed by atoms with Crippen molar-refractivity contribution in [1.82, 2.24) is 4.48 Å². The van der Waals surface area contributed by atoms with Gasteiger partial charge in [-0.3, -0.25) is 0 Å². The fraction of sp³-hybridized carbons (Fsp3) is 0.108. The maximum atomic E-state index is 2.72. The molecule has 0 saturated carbocycles. The molecule has 3 heterocycles. The highest BCUT2D eigenvalue weighted by molar-refractivity contribution is 6.90. The van der Waals surface area contributed by atoms with E-state index in [4.69, 9.17) is 0 Å². The van der Waals surface area contributed by atoms with E-state index < -0.39 is 0 Å². The standard InChI is InChI=1S/C65H50BN3/c1-64(2,3)44-32-35-57(51(38-44)41-20-9-6-10-21-41)68-59-39-47(67(45-24-11-7-12-25-45)46-26-13-8-14-27-46)33-34-56(59)66-61-54(40-53-48-28-17-18-31-55(48)65(4,5)60(53)63(61)68)50-30-19-29-49-52-36-42-22-15-16-23-43(42)37-58(52)69(66)62(49)50/h6-40H,1-5H3. The van der Waals surface area contributed by atoms with Crippen LogP contribution >= 0.6 is 0 Å². The number of fused-ring (bicyclic) bond motifs is 12. The van der Waals surface area contributed by atoms with Gasteiger partial charge < -0.3 is 14.3 Å². The van der Waals surface area contributed by atoms with Gasteiger partial charge in [0.05, 0.1) is 5.69 Å². The summed E-state index contributed by atoms with van der Waals surface area (Å²) in [5.41, 5.74) is 23.5. The largest absolute Gasteiger partial charge is 0.375 e. The summed E-state index contributed by atoms with van der Waals surface area (Å²) in [5.74, 6) is 0. The summed E-state index contributed by atoms with van der Waals surface area (Å²) in [4.78, 5) is 5.12. The van der Waals surface area contributed by atoms with E-state index in [1.807, 2.05) is 0 Å². The Balaban J connectivity index is 1.18. The molecule has 0 spiro atoms. The molecule has 1 aromatic heterocycles. The molecule has 0 atom stereocenters. The van der Waals surface area contributed by atoms with E-state index in [1.54, 1.807) is 0 Å². The summed E-state index contributed by atoms with van der Waals surface area (Å²) in [5, 5.41) is 5.11. The van der Waals surface area contributed by atoms with E-state index in [-0.39, 0.29) is 17.7 Å². The predicted molar refractivity (Wildman–Crippen MR) is 294 cm³/mol. The molecular formula is C65H50BN3. The van der Waals surface area contributed by atoms with Crippen LogP contribution in [0.5, 0.6) is 0 Å². The van der Waals surface area contributed by atoms with Crippen LogP contribution in [0, 0.1) is 0 Å². The van der Waals surface area contributed by atoms with Gasteiger partial charge in [0.25, 0.3) is 0 Å². The lowest BCUT2D eigenvalue weighted by molar-refractivity contribution is 0.590. The van der Waals surface area contributed by atoms with Crippen molar-refractivity contribution < 1.29 is 0 Å². The molecule has 3 aliphatic rings. The molecule has 328 valence electrons. The van der Waals surface area contributed by atoms with Gasteiger partial charge in [0.2, 0.25) is 0 Å². The summed E-state index contributed by atoms with van der Waals surface area (Å²) in [6, 6.07) is 79.9. The Bertz CT molecular complexity index is 3880. The summed E-state index contributed by atoms with van der Waals surface area (Å²) < 4.78 is 2.72. The van der Waals surface area contributed by atoms with E-state index in [0.29, 0.717) is 0 Å². The van der Waals surface area contributed by atoms with Gasteiger partial charge in [0, 0.05) is 66.8 Å². The lowest BCUT2D eigenvalue weighted by Gasteiger charge is -2.44. The van der Waals surface area contributed by atoms with Crippen LogP contribution in [0.15, 0.2) is 212 Å². The van der Waals surface area contributed by atoms with Crippen molar-refractivity contribution in [1.29, 1.82) is 0 Å². The Morgan fingerprint density at radius 2 is 1.13 bits per heavy atom. The molecule has 0 N–H and O–H groups in total. The SMILES string of the molecule is CC(C)(C)c1ccc(N2c3cc(N(c4ccccc4)c4ccccc4)ccc3B3c4c(cc5c(c42)C(C)(C)c2ccccc2-5)-c2cccc4c5cc6ccccc6cc5n3c24)c(-c2ccccc2)c1. The Morgan fingerprint density at radius 3 is 1.86 bits per heavy atom. The Kier molecular flexibility index (Phi) is 8.39. The Morgan fingerprint density at radius 1 is 0.478 bits per heavy atom. The summed E-state index contributed by atoms with van der Waals surface area (Å²) >= 11 is 0. The smallest absolute Gasteiger partial charge is 0.333 e. The number of para-hydroxylation sites is 3. The predicted octanol–water partition coefficient (Wildman–Crippen LogP) is 16.1. The van der Waals surface area contributed by atoms with Crippen molar-refractivity contribution in [2.24, 2.45) is 0 Å². The maximum Gasteiger partial charge on any atom is 0.333 e. The first-order chi connectivity index (χ1) is 33.6. The van der Waals surface area contributed by atoms with Gasteiger partial charge in [-0.15, -0.1) is 0 Å². The van der Waals surface area contributed by atoms with Gasteiger partial charge in [-0.25, -0.2) is 0 Å². The first kappa shape index (κ1) is 40.0.